The van der Waals surface area contributed by atoms with E-state index < -0.39 is 0 Å². The lowest BCUT2D eigenvalue weighted by Crippen LogP contribution is -2.29. The number of fused-ring (bicyclic) bond motifs is 1. The average molecular weight is 291 g/mol. The number of rotatable bonds is 7. The van der Waals surface area contributed by atoms with E-state index in [1.807, 2.05) is 0 Å². The Kier molecular flexibility index (Phi) is 6.31. The van der Waals surface area contributed by atoms with Gasteiger partial charge in [-0.15, -0.1) is 0 Å². The lowest BCUT2D eigenvalue weighted by atomic mass is 9.85. The molecule has 0 saturated heterocycles. The third-order valence-electron chi connectivity index (χ3n) is 5.14. The van der Waals surface area contributed by atoms with Gasteiger partial charge in [-0.2, -0.15) is 0 Å². The van der Waals surface area contributed by atoms with Crippen LogP contribution in [0.3, 0.4) is 0 Å². The largest absolute Gasteiger partial charge is 0.387 e. The Morgan fingerprint density at radius 1 is 1.33 bits per heavy atom. The molecule has 4 atom stereocenters. The molecule has 2 N–H and O–H groups in total. The Labute approximate surface area is 130 Å². The first kappa shape index (κ1) is 16.6. The van der Waals surface area contributed by atoms with Crippen LogP contribution in [0.4, 0.5) is 0 Å². The SMILES string of the molecule is CCNC1C=CC2C(C(C)CCN(C)CC)=CNC2CC1. The van der Waals surface area contributed by atoms with Crippen LogP contribution in [-0.2, 0) is 0 Å². The fourth-order valence-electron chi connectivity index (χ4n) is 3.49. The van der Waals surface area contributed by atoms with E-state index in [0.717, 1.165) is 13.1 Å². The molecular formula is C18H33N3. The van der Waals surface area contributed by atoms with Gasteiger partial charge in [-0.3, -0.25) is 0 Å². The molecule has 3 nitrogen and oxygen atoms in total. The zero-order valence-corrected chi connectivity index (χ0v) is 14.2. The van der Waals surface area contributed by atoms with Crippen LogP contribution in [0.5, 0.6) is 0 Å². The van der Waals surface area contributed by atoms with E-state index in [1.54, 1.807) is 5.57 Å². The molecule has 1 aliphatic heterocycles. The molecule has 2 rings (SSSR count). The summed E-state index contributed by atoms with van der Waals surface area (Å²) in [6, 6.07) is 1.18. The van der Waals surface area contributed by atoms with Gasteiger partial charge in [-0.25, -0.2) is 0 Å². The van der Waals surface area contributed by atoms with Crippen molar-refractivity contribution in [2.24, 2.45) is 11.8 Å². The highest BCUT2D eigenvalue weighted by molar-refractivity contribution is 5.26. The summed E-state index contributed by atoms with van der Waals surface area (Å²) in [6.45, 7) is 10.2. The Balaban J connectivity index is 1.94. The van der Waals surface area contributed by atoms with E-state index in [2.05, 4.69) is 61.7 Å². The molecule has 21 heavy (non-hydrogen) atoms. The van der Waals surface area contributed by atoms with Gasteiger partial charge in [0.2, 0.25) is 0 Å². The van der Waals surface area contributed by atoms with E-state index in [4.69, 9.17) is 0 Å². The van der Waals surface area contributed by atoms with E-state index in [9.17, 15) is 0 Å². The summed E-state index contributed by atoms with van der Waals surface area (Å²) < 4.78 is 0. The predicted molar refractivity (Wildman–Crippen MR) is 91.3 cm³/mol. The molecule has 120 valence electrons. The molecule has 0 aromatic carbocycles. The van der Waals surface area contributed by atoms with Gasteiger partial charge in [-0.1, -0.05) is 32.9 Å². The van der Waals surface area contributed by atoms with E-state index in [-0.39, 0.29) is 0 Å². The Morgan fingerprint density at radius 3 is 2.86 bits per heavy atom. The normalized spacial score (nSPS) is 29.8. The smallest absolute Gasteiger partial charge is 0.0357 e. The fourth-order valence-corrected chi connectivity index (χ4v) is 3.49. The molecule has 1 heterocycles. The highest BCUT2D eigenvalue weighted by atomic mass is 15.1. The topological polar surface area (TPSA) is 27.3 Å². The fraction of sp³-hybridized carbons (Fsp3) is 0.778. The Morgan fingerprint density at radius 2 is 2.14 bits per heavy atom. The summed E-state index contributed by atoms with van der Waals surface area (Å²) in [4.78, 5) is 2.40. The summed E-state index contributed by atoms with van der Waals surface area (Å²) in [5, 5.41) is 7.20. The van der Waals surface area contributed by atoms with Crippen molar-refractivity contribution in [3.05, 3.63) is 23.9 Å². The molecule has 0 aromatic heterocycles. The highest BCUT2D eigenvalue weighted by Crippen LogP contribution is 2.34. The maximum absolute atomic E-state index is 3.64. The van der Waals surface area contributed by atoms with Gasteiger partial charge < -0.3 is 15.5 Å². The first-order chi connectivity index (χ1) is 10.2. The summed E-state index contributed by atoms with van der Waals surface area (Å²) in [7, 11) is 2.21. The molecule has 0 fully saturated rings. The van der Waals surface area contributed by atoms with E-state index in [0.29, 0.717) is 23.9 Å². The number of nitrogens with one attached hydrogen (secondary N) is 2. The maximum Gasteiger partial charge on any atom is 0.0357 e. The zero-order chi connectivity index (χ0) is 15.2. The predicted octanol–water partition coefficient (Wildman–Crippen LogP) is 2.76. The summed E-state index contributed by atoms with van der Waals surface area (Å²) in [6.07, 6.45) is 10.9. The molecule has 0 bridgehead atoms. The quantitative estimate of drug-likeness (QED) is 0.706. The van der Waals surface area contributed by atoms with Crippen molar-refractivity contribution in [2.45, 2.75) is 52.1 Å². The molecule has 0 aromatic rings. The number of nitrogens with zero attached hydrogens (tertiary/aromatic N) is 1. The van der Waals surface area contributed by atoms with Gasteiger partial charge in [0.25, 0.3) is 0 Å². The second-order valence-electron chi connectivity index (χ2n) is 6.66. The second-order valence-corrected chi connectivity index (χ2v) is 6.66. The highest BCUT2D eigenvalue weighted by Gasteiger charge is 2.32. The molecule has 0 saturated carbocycles. The van der Waals surface area contributed by atoms with Crippen molar-refractivity contribution in [1.29, 1.82) is 0 Å². The molecular weight excluding hydrogens is 258 g/mol. The van der Waals surface area contributed by atoms with Gasteiger partial charge in [0.15, 0.2) is 0 Å². The van der Waals surface area contributed by atoms with Crippen molar-refractivity contribution >= 4 is 0 Å². The molecule has 4 unspecified atom stereocenters. The Hall–Kier alpha value is -0.800. The van der Waals surface area contributed by atoms with Crippen molar-refractivity contribution in [2.75, 3.05) is 26.7 Å². The van der Waals surface area contributed by atoms with Gasteiger partial charge in [0.1, 0.15) is 0 Å². The minimum Gasteiger partial charge on any atom is -0.387 e. The molecule has 0 spiro atoms. The summed E-state index contributed by atoms with van der Waals surface area (Å²) in [5.74, 6) is 1.28. The standard InChI is InChI=1S/C18H33N3/c1-5-19-15-7-9-16-17(13-20-18(16)10-8-15)14(3)11-12-21(4)6-2/h7,9,13-16,18-20H,5-6,8,10-12H2,1-4H3. The summed E-state index contributed by atoms with van der Waals surface area (Å²) in [5.41, 5.74) is 1.61. The summed E-state index contributed by atoms with van der Waals surface area (Å²) >= 11 is 0. The van der Waals surface area contributed by atoms with Crippen LogP contribution in [0.25, 0.3) is 0 Å². The number of likely N-dealkylation sites (N-methyl/N-ethyl adjacent to an activating group) is 1. The average Bonchev–Trinajstić information content (AvgIpc) is 2.80. The second kappa shape index (κ2) is 8.00. The first-order valence-electron chi connectivity index (χ1n) is 8.71. The minimum atomic E-state index is 0.560. The van der Waals surface area contributed by atoms with Crippen LogP contribution in [0.2, 0.25) is 0 Å². The molecule has 0 amide bonds. The van der Waals surface area contributed by atoms with E-state index >= 15 is 0 Å². The lowest BCUT2D eigenvalue weighted by Gasteiger charge is -2.23. The Bertz CT molecular complexity index is 375. The minimum absolute atomic E-state index is 0.560. The number of hydrogen-bond donors (Lipinski definition) is 2. The lowest BCUT2D eigenvalue weighted by molar-refractivity contribution is 0.325. The van der Waals surface area contributed by atoms with Crippen LogP contribution >= 0.6 is 0 Å². The number of hydrogen-bond acceptors (Lipinski definition) is 3. The van der Waals surface area contributed by atoms with Crippen molar-refractivity contribution in [1.82, 2.24) is 15.5 Å². The maximum atomic E-state index is 3.64. The third-order valence-corrected chi connectivity index (χ3v) is 5.14. The van der Waals surface area contributed by atoms with Crippen LogP contribution in [0.15, 0.2) is 23.9 Å². The molecule has 1 aliphatic carbocycles. The van der Waals surface area contributed by atoms with Crippen molar-refractivity contribution in [3.63, 3.8) is 0 Å². The molecule has 3 heteroatoms. The van der Waals surface area contributed by atoms with Gasteiger partial charge >= 0.3 is 0 Å². The van der Waals surface area contributed by atoms with Gasteiger partial charge in [0, 0.05) is 18.0 Å². The first-order valence-corrected chi connectivity index (χ1v) is 8.71. The van der Waals surface area contributed by atoms with Crippen LogP contribution in [0, 0.1) is 11.8 Å². The van der Waals surface area contributed by atoms with Crippen molar-refractivity contribution < 1.29 is 0 Å². The van der Waals surface area contributed by atoms with Crippen molar-refractivity contribution in [3.8, 4) is 0 Å². The van der Waals surface area contributed by atoms with Crippen LogP contribution in [0.1, 0.15) is 40.0 Å². The van der Waals surface area contributed by atoms with Gasteiger partial charge in [-0.05, 0) is 63.6 Å². The van der Waals surface area contributed by atoms with E-state index in [1.165, 1.54) is 25.8 Å². The zero-order valence-electron chi connectivity index (χ0n) is 14.2. The van der Waals surface area contributed by atoms with Crippen LogP contribution in [-0.4, -0.2) is 43.7 Å². The third kappa shape index (κ3) is 4.33. The van der Waals surface area contributed by atoms with Crippen LogP contribution < -0.4 is 10.6 Å². The van der Waals surface area contributed by atoms with Gasteiger partial charge in [0.05, 0.1) is 0 Å². The molecule has 0 radical (unpaired) electrons. The molecule has 2 aliphatic rings. The monoisotopic (exact) mass is 291 g/mol.